The monoisotopic (exact) mass is 284 g/mol. The average Bonchev–Trinajstić information content (AvgIpc) is 2.24. The summed E-state index contributed by atoms with van der Waals surface area (Å²) in [6.07, 6.45) is 0. The number of phenolic OH excluding ortho intramolecular Hbond substituents is 1. The van der Waals surface area contributed by atoms with Gasteiger partial charge in [0.1, 0.15) is 5.75 Å². The van der Waals surface area contributed by atoms with Gasteiger partial charge in [0.05, 0.1) is 0 Å². The quantitative estimate of drug-likeness (QED) is 0.872. The molecule has 1 heterocycles. The fourth-order valence-corrected chi connectivity index (χ4v) is 2.45. The molecule has 1 aromatic rings. The molecule has 0 aliphatic carbocycles. The van der Waals surface area contributed by atoms with E-state index >= 15 is 0 Å². The van der Waals surface area contributed by atoms with Crippen molar-refractivity contribution in [3.63, 3.8) is 0 Å². The lowest BCUT2D eigenvalue weighted by Crippen LogP contribution is -2.48. The molecule has 0 saturated carbocycles. The highest BCUT2D eigenvalue weighted by atomic mass is 79.9. The van der Waals surface area contributed by atoms with Gasteiger partial charge in [-0.05, 0) is 30.7 Å². The highest BCUT2D eigenvalue weighted by Crippen LogP contribution is 2.23. The van der Waals surface area contributed by atoms with Crippen LogP contribution in [0, 0.1) is 0 Å². The van der Waals surface area contributed by atoms with Crippen molar-refractivity contribution in [2.45, 2.75) is 19.5 Å². The number of hydrogen-bond acceptors (Lipinski definition) is 3. The van der Waals surface area contributed by atoms with Crippen LogP contribution in [0.1, 0.15) is 12.5 Å². The van der Waals surface area contributed by atoms with Crippen LogP contribution in [0.3, 0.4) is 0 Å². The predicted molar refractivity (Wildman–Crippen MR) is 68.5 cm³/mol. The van der Waals surface area contributed by atoms with E-state index in [2.05, 4.69) is 33.1 Å². The zero-order valence-corrected chi connectivity index (χ0v) is 11.0. The summed E-state index contributed by atoms with van der Waals surface area (Å²) in [5.41, 5.74) is 1.15. The first-order valence-electron chi connectivity index (χ1n) is 5.58. The smallest absolute Gasteiger partial charge is 0.115 e. The Morgan fingerprint density at radius 2 is 2.38 bits per heavy atom. The molecule has 1 atom stereocenters. The average molecular weight is 285 g/mol. The van der Waals surface area contributed by atoms with Crippen molar-refractivity contribution >= 4 is 15.9 Å². The molecule has 1 aromatic carbocycles. The van der Waals surface area contributed by atoms with Crippen molar-refractivity contribution < 1.29 is 5.11 Å². The molecule has 1 fully saturated rings. The minimum absolute atomic E-state index is 0.335. The van der Waals surface area contributed by atoms with Crippen LogP contribution in [0.4, 0.5) is 0 Å². The maximum atomic E-state index is 9.47. The first-order valence-corrected chi connectivity index (χ1v) is 6.37. The van der Waals surface area contributed by atoms with E-state index in [0.717, 1.165) is 36.2 Å². The first-order chi connectivity index (χ1) is 7.65. The summed E-state index contributed by atoms with van der Waals surface area (Å²) in [5.74, 6) is 0.335. The standard InChI is InChI=1S/C12H17BrN2O/c1-9-7-15(5-4-14-9)8-10-6-11(16)2-3-12(10)13/h2-3,6,9,14,16H,4-5,7-8H2,1H3/t9-/m0/s1. The van der Waals surface area contributed by atoms with Crippen molar-refractivity contribution in [3.8, 4) is 5.75 Å². The Morgan fingerprint density at radius 1 is 1.56 bits per heavy atom. The Labute approximate surface area is 105 Å². The Hall–Kier alpha value is -0.580. The molecular formula is C12H17BrN2O. The van der Waals surface area contributed by atoms with Gasteiger partial charge in [-0.15, -0.1) is 0 Å². The third-order valence-electron chi connectivity index (χ3n) is 2.88. The van der Waals surface area contributed by atoms with E-state index in [4.69, 9.17) is 0 Å². The maximum absolute atomic E-state index is 9.47. The van der Waals surface area contributed by atoms with Crippen LogP contribution in [0.25, 0.3) is 0 Å². The van der Waals surface area contributed by atoms with Gasteiger partial charge in [0.25, 0.3) is 0 Å². The molecule has 16 heavy (non-hydrogen) atoms. The van der Waals surface area contributed by atoms with Crippen molar-refractivity contribution in [1.29, 1.82) is 0 Å². The molecule has 4 heteroatoms. The fourth-order valence-electron chi connectivity index (χ4n) is 2.08. The van der Waals surface area contributed by atoms with Crippen molar-refractivity contribution in [3.05, 3.63) is 28.2 Å². The van der Waals surface area contributed by atoms with E-state index in [0.29, 0.717) is 11.8 Å². The molecule has 0 unspecified atom stereocenters. The van der Waals surface area contributed by atoms with Gasteiger partial charge in [-0.2, -0.15) is 0 Å². The van der Waals surface area contributed by atoms with Crippen LogP contribution in [0.15, 0.2) is 22.7 Å². The second-order valence-electron chi connectivity index (χ2n) is 4.37. The Bertz CT molecular complexity index is 370. The number of hydrogen-bond donors (Lipinski definition) is 2. The molecule has 0 spiro atoms. The summed E-state index contributed by atoms with van der Waals surface area (Å²) in [7, 11) is 0. The number of benzene rings is 1. The predicted octanol–water partition coefficient (Wildman–Crippen LogP) is 1.95. The lowest BCUT2D eigenvalue weighted by molar-refractivity contribution is 0.199. The van der Waals surface area contributed by atoms with Crippen LogP contribution < -0.4 is 5.32 Å². The summed E-state index contributed by atoms with van der Waals surface area (Å²) in [5, 5.41) is 12.9. The second kappa shape index (κ2) is 5.17. The normalized spacial score (nSPS) is 22.2. The van der Waals surface area contributed by atoms with Gasteiger partial charge in [-0.1, -0.05) is 15.9 Å². The molecule has 0 aromatic heterocycles. The third-order valence-corrected chi connectivity index (χ3v) is 3.65. The molecule has 1 aliphatic rings. The van der Waals surface area contributed by atoms with Gasteiger partial charge in [0.15, 0.2) is 0 Å². The molecule has 0 radical (unpaired) electrons. The number of nitrogens with one attached hydrogen (secondary N) is 1. The lowest BCUT2D eigenvalue weighted by Gasteiger charge is -2.32. The zero-order valence-electron chi connectivity index (χ0n) is 9.41. The van der Waals surface area contributed by atoms with Gasteiger partial charge in [-0.25, -0.2) is 0 Å². The summed E-state index contributed by atoms with van der Waals surface area (Å²) < 4.78 is 1.07. The van der Waals surface area contributed by atoms with Crippen LogP contribution in [-0.4, -0.2) is 35.7 Å². The molecule has 0 bridgehead atoms. The number of phenols is 1. The molecule has 2 N–H and O–H groups in total. The van der Waals surface area contributed by atoms with Gasteiger partial charge < -0.3 is 10.4 Å². The molecule has 88 valence electrons. The van der Waals surface area contributed by atoms with Crippen LogP contribution >= 0.6 is 15.9 Å². The van der Waals surface area contributed by atoms with E-state index in [9.17, 15) is 5.11 Å². The van der Waals surface area contributed by atoms with Gasteiger partial charge in [-0.3, -0.25) is 4.90 Å². The molecule has 2 rings (SSSR count). The van der Waals surface area contributed by atoms with Gasteiger partial charge >= 0.3 is 0 Å². The van der Waals surface area contributed by atoms with Crippen molar-refractivity contribution in [1.82, 2.24) is 10.2 Å². The highest BCUT2D eigenvalue weighted by Gasteiger charge is 2.16. The number of aromatic hydroxyl groups is 1. The van der Waals surface area contributed by atoms with Crippen LogP contribution in [0.2, 0.25) is 0 Å². The highest BCUT2D eigenvalue weighted by molar-refractivity contribution is 9.10. The van der Waals surface area contributed by atoms with Crippen LogP contribution in [-0.2, 0) is 6.54 Å². The van der Waals surface area contributed by atoms with Crippen molar-refractivity contribution in [2.75, 3.05) is 19.6 Å². The Kier molecular flexibility index (Phi) is 3.84. The SMILES string of the molecule is C[C@H]1CN(Cc2cc(O)ccc2Br)CCN1. The zero-order chi connectivity index (χ0) is 11.5. The van der Waals surface area contributed by atoms with E-state index in [-0.39, 0.29) is 0 Å². The van der Waals surface area contributed by atoms with Gasteiger partial charge in [0.2, 0.25) is 0 Å². The number of halogens is 1. The topological polar surface area (TPSA) is 35.5 Å². The molecule has 1 saturated heterocycles. The summed E-state index contributed by atoms with van der Waals surface area (Å²) >= 11 is 3.52. The number of nitrogens with zero attached hydrogens (tertiary/aromatic N) is 1. The second-order valence-corrected chi connectivity index (χ2v) is 5.22. The molecule has 0 amide bonds. The van der Waals surface area contributed by atoms with Crippen molar-refractivity contribution in [2.24, 2.45) is 0 Å². The third kappa shape index (κ3) is 2.97. The largest absolute Gasteiger partial charge is 0.508 e. The minimum Gasteiger partial charge on any atom is -0.508 e. The maximum Gasteiger partial charge on any atom is 0.115 e. The van der Waals surface area contributed by atoms with E-state index in [1.54, 1.807) is 6.07 Å². The van der Waals surface area contributed by atoms with E-state index < -0.39 is 0 Å². The summed E-state index contributed by atoms with van der Waals surface area (Å²) in [6.45, 7) is 6.25. The van der Waals surface area contributed by atoms with E-state index in [1.165, 1.54) is 0 Å². The minimum atomic E-state index is 0.335. The number of rotatable bonds is 2. The number of piperazine rings is 1. The Balaban J connectivity index is 2.05. The van der Waals surface area contributed by atoms with Crippen LogP contribution in [0.5, 0.6) is 5.75 Å². The molecule has 3 nitrogen and oxygen atoms in total. The molecule has 1 aliphatic heterocycles. The molecular weight excluding hydrogens is 268 g/mol. The lowest BCUT2D eigenvalue weighted by atomic mass is 10.1. The first kappa shape index (κ1) is 11.9. The fraction of sp³-hybridized carbons (Fsp3) is 0.500. The Morgan fingerprint density at radius 3 is 3.12 bits per heavy atom. The van der Waals surface area contributed by atoms with E-state index in [1.807, 2.05) is 12.1 Å². The van der Waals surface area contributed by atoms with Gasteiger partial charge in [0, 0.05) is 36.7 Å². The summed E-state index contributed by atoms with van der Waals surface area (Å²) in [4.78, 5) is 2.40. The summed E-state index contributed by atoms with van der Waals surface area (Å²) in [6, 6.07) is 5.98.